The Morgan fingerprint density at radius 1 is 1.10 bits per heavy atom. The molecule has 0 heterocycles. The Morgan fingerprint density at radius 2 is 1.75 bits per heavy atom. The van der Waals surface area contributed by atoms with Crippen LogP contribution < -0.4 is 4.74 Å². The van der Waals surface area contributed by atoms with Gasteiger partial charge in [-0.2, -0.15) is 0 Å². The summed E-state index contributed by atoms with van der Waals surface area (Å²) in [5.41, 5.74) is 0.270. The minimum Gasteiger partial charge on any atom is -0.489 e. The van der Waals surface area contributed by atoms with Crippen molar-refractivity contribution in [2.24, 2.45) is 0 Å². The number of hydrogen-bond donors (Lipinski definition) is 1. The maximum absolute atomic E-state index is 13.3. The summed E-state index contributed by atoms with van der Waals surface area (Å²) in [6, 6.07) is 8.18. The highest BCUT2D eigenvalue weighted by Gasteiger charge is 2.08. The lowest BCUT2D eigenvalue weighted by Gasteiger charge is -2.08. The van der Waals surface area contributed by atoms with Crippen molar-refractivity contribution in [3.8, 4) is 5.75 Å². The molecule has 0 radical (unpaired) electrons. The summed E-state index contributed by atoms with van der Waals surface area (Å²) >= 11 is 11.6. The van der Waals surface area contributed by atoms with Crippen LogP contribution in [0.1, 0.15) is 15.9 Å². The number of carboxylic acids is 1. The molecule has 2 rings (SSSR count). The molecular formula is C14H9Cl2FO3. The molecule has 0 saturated carbocycles. The van der Waals surface area contributed by atoms with E-state index in [1.165, 1.54) is 12.1 Å². The topological polar surface area (TPSA) is 46.5 Å². The van der Waals surface area contributed by atoms with Gasteiger partial charge in [-0.15, -0.1) is 0 Å². The maximum Gasteiger partial charge on any atom is 0.335 e. The van der Waals surface area contributed by atoms with Crippen LogP contribution in [0.25, 0.3) is 0 Å². The fourth-order valence-electron chi connectivity index (χ4n) is 1.64. The molecule has 0 aliphatic heterocycles. The average molecular weight is 315 g/mol. The molecule has 0 bridgehead atoms. The first kappa shape index (κ1) is 14.6. The zero-order valence-electron chi connectivity index (χ0n) is 10.1. The number of carbonyl (C=O) groups is 1. The Labute approximate surface area is 124 Å². The molecule has 0 saturated heterocycles. The molecule has 0 unspecified atom stereocenters. The molecule has 0 amide bonds. The molecule has 0 aromatic heterocycles. The van der Waals surface area contributed by atoms with Gasteiger partial charge in [-0.25, -0.2) is 9.18 Å². The normalized spacial score (nSPS) is 10.3. The van der Waals surface area contributed by atoms with Gasteiger partial charge in [0, 0.05) is 10.0 Å². The Kier molecular flexibility index (Phi) is 4.47. The Balaban J connectivity index is 2.16. The number of benzene rings is 2. The summed E-state index contributed by atoms with van der Waals surface area (Å²) in [6.45, 7) is 0.00864. The lowest BCUT2D eigenvalue weighted by atomic mass is 10.1. The highest BCUT2D eigenvalue weighted by atomic mass is 35.5. The molecular weight excluding hydrogens is 306 g/mol. The van der Waals surface area contributed by atoms with E-state index in [1.807, 2.05) is 0 Å². The molecule has 0 atom stereocenters. The van der Waals surface area contributed by atoms with Gasteiger partial charge >= 0.3 is 5.97 Å². The monoisotopic (exact) mass is 314 g/mol. The second-order valence-corrected chi connectivity index (χ2v) is 4.92. The quantitative estimate of drug-likeness (QED) is 0.909. The van der Waals surface area contributed by atoms with Crippen molar-refractivity contribution in [1.82, 2.24) is 0 Å². The van der Waals surface area contributed by atoms with E-state index in [4.69, 9.17) is 33.0 Å². The summed E-state index contributed by atoms with van der Waals surface area (Å²) in [6.07, 6.45) is 0. The summed E-state index contributed by atoms with van der Waals surface area (Å²) < 4.78 is 18.7. The van der Waals surface area contributed by atoms with E-state index in [0.29, 0.717) is 21.4 Å². The largest absolute Gasteiger partial charge is 0.489 e. The number of rotatable bonds is 4. The number of carboxylic acid groups (broad SMARTS) is 1. The first-order valence-corrected chi connectivity index (χ1v) is 6.31. The van der Waals surface area contributed by atoms with E-state index in [0.717, 1.165) is 6.07 Å². The number of ether oxygens (including phenoxy) is 1. The third kappa shape index (κ3) is 3.85. The van der Waals surface area contributed by atoms with Crippen molar-refractivity contribution < 1.29 is 19.0 Å². The third-order valence-corrected chi connectivity index (χ3v) is 2.88. The predicted octanol–water partition coefficient (Wildman–Crippen LogP) is 4.41. The van der Waals surface area contributed by atoms with Crippen LogP contribution in [0.3, 0.4) is 0 Å². The van der Waals surface area contributed by atoms with Gasteiger partial charge in [-0.05, 0) is 42.0 Å². The first-order valence-electron chi connectivity index (χ1n) is 5.56. The molecule has 6 heteroatoms. The van der Waals surface area contributed by atoms with E-state index < -0.39 is 11.8 Å². The molecule has 2 aromatic carbocycles. The van der Waals surface area contributed by atoms with E-state index >= 15 is 0 Å². The van der Waals surface area contributed by atoms with E-state index in [2.05, 4.69) is 0 Å². The fraction of sp³-hybridized carbons (Fsp3) is 0.0714. The third-order valence-electron chi connectivity index (χ3n) is 2.45. The molecule has 1 N–H and O–H groups in total. The van der Waals surface area contributed by atoms with Crippen molar-refractivity contribution in [2.75, 3.05) is 0 Å². The standard InChI is InChI=1S/C14H9Cl2FO3/c15-10-4-11(16)6-13(5-10)20-7-8-1-9(14(18)19)3-12(17)2-8/h1-6H,7H2,(H,18,19). The summed E-state index contributed by atoms with van der Waals surface area (Å²) in [5, 5.41) is 9.68. The molecule has 104 valence electrons. The van der Waals surface area contributed by atoms with Crippen LogP contribution >= 0.6 is 23.2 Å². The maximum atomic E-state index is 13.3. The van der Waals surface area contributed by atoms with E-state index in [1.54, 1.807) is 18.2 Å². The van der Waals surface area contributed by atoms with Crippen LogP contribution in [0.2, 0.25) is 10.0 Å². The molecule has 0 fully saturated rings. The molecule has 3 nitrogen and oxygen atoms in total. The molecule has 0 spiro atoms. The van der Waals surface area contributed by atoms with Crippen LogP contribution in [-0.2, 0) is 6.61 Å². The van der Waals surface area contributed by atoms with Gasteiger partial charge in [-0.3, -0.25) is 0 Å². The minimum atomic E-state index is -1.20. The van der Waals surface area contributed by atoms with Crippen LogP contribution in [0.15, 0.2) is 36.4 Å². The predicted molar refractivity (Wildman–Crippen MR) is 74.2 cm³/mol. The zero-order valence-corrected chi connectivity index (χ0v) is 11.6. The van der Waals surface area contributed by atoms with E-state index in [9.17, 15) is 9.18 Å². The van der Waals surface area contributed by atoms with Gasteiger partial charge in [0.1, 0.15) is 18.2 Å². The Morgan fingerprint density at radius 3 is 2.35 bits per heavy atom. The van der Waals surface area contributed by atoms with Gasteiger partial charge in [0.05, 0.1) is 5.56 Å². The van der Waals surface area contributed by atoms with Gasteiger partial charge in [0.2, 0.25) is 0 Å². The Bertz CT molecular complexity index is 639. The minimum absolute atomic E-state index is 0.00864. The van der Waals surface area contributed by atoms with Crippen molar-refractivity contribution >= 4 is 29.2 Å². The van der Waals surface area contributed by atoms with Gasteiger partial charge in [0.15, 0.2) is 0 Å². The SMILES string of the molecule is O=C(O)c1cc(F)cc(COc2cc(Cl)cc(Cl)c2)c1. The Hall–Kier alpha value is -1.78. The lowest BCUT2D eigenvalue weighted by molar-refractivity contribution is 0.0696. The summed E-state index contributed by atoms with van der Waals surface area (Å²) in [7, 11) is 0. The highest BCUT2D eigenvalue weighted by molar-refractivity contribution is 6.34. The fourth-order valence-corrected chi connectivity index (χ4v) is 2.14. The van der Waals surface area contributed by atoms with Crippen molar-refractivity contribution in [3.63, 3.8) is 0 Å². The second kappa shape index (κ2) is 6.11. The zero-order chi connectivity index (χ0) is 14.7. The molecule has 0 aliphatic rings. The average Bonchev–Trinajstić information content (AvgIpc) is 2.34. The molecule has 0 aliphatic carbocycles. The van der Waals surface area contributed by atoms with Gasteiger partial charge in [0.25, 0.3) is 0 Å². The highest BCUT2D eigenvalue weighted by Crippen LogP contribution is 2.25. The van der Waals surface area contributed by atoms with Crippen molar-refractivity contribution in [1.29, 1.82) is 0 Å². The van der Waals surface area contributed by atoms with E-state index in [-0.39, 0.29) is 12.2 Å². The van der Waals surface area contributed by atoms with Crippen molar-refractivity contribution in [2.45, 2.75) is 6.61 Å². The summed E-state index contributed by atoms with van der Waals surface area (Å²) in [4.78, 5) is 10.8. The number of aromatic carboxylic acids is 1. The lowest BCUT2D eigenvalue weighted by Crippen LogP contribution is -2.02. The first-order chi connectivity index (χ1) is 9.44. The van der Waals surface area contributed by atoms with Crippen molar-refractivity contribution in [3.05, 3.63) is 63.4 Å². The summed E-state index contributed by atoms with van der Waals surface area (Å²) in [5.74, 6) is -1.41. The smallest absolute Gasteiger partial charge is 0.335 e. The second-order valence-electron chi connectivity index (χ2n) is 4.05. The van der Waals surface area contributed by atoms with Gasteiger partial charge in [-0.1, -0.05) is 23.2 Å². The van der Waals surface area contributed by atoms with Crippen LogP contribution in [0.4, 0.5) is 4.39 Å². The van der Waals surface area contributed by atoms with Crippen LogP contribution in [0.5, 0.6) is 5.75 Å². The molecule has 20 heavy (non-hydrogen) atoms. The number of hydrogen-bond acceptors (Lipinski definition) is 2. The molecule has 2 aromatic rings. The van der Waals surface area contributed by atoms with Gasteiger partial charge < -0.3 is 9.84 Å². The van der Waals surface area contributed by atoms with Crippen LogP contribution in [-0.4, -0.2) is 11.1 Å². The number of halogens is 3. The van der Waals surface area contributed by atoms with Crippen LogP contribution in [0, 0.1) is 5.82 Å².